The van der Waals surface area contributed by atoms with Crippen LogP contribution in [0.5, 0.6) is 0 Å². The molecule has 6 nitrogen and oxygen atoms in total. The van der Waals surface area contributed by atoms with Gasteiger partial charge in [-0.2, -0.15) is 4.31 Å². The van der Waals surface area contributed by atoms with Crippen LogP contribution in [0.15, 0.2) is 29.4 Å². The number of hydrogen-bond acceptors (Lipinski definition) is 4. The van der Waals surface area contributed by atoms with Gasteiger partial charge in [-0.25, -0.2) is 8.42 Å². The predicted molar refractivity (Wildman–Crippen MR) is 67.4 cm³/mol. The maximum Gasteiger partial charge on any atom is 0.244 e. The van der Waals surface area contributed by atoms with Crippen LogP contribution in [0.25, 0.3) is 0 Å². The van der Waals surface area contributed by atoms with E-state index >= 15 is 0 Å². The summed E-state index contributed by atoms with van der Waals surface area (Å²) in [5.74, 6) is -0.313. The molecule has 0 aliphatic carbocycles. The van der Waals surface area contributed by atoms with Crippen LogP contribution in [0.1, 0.15) is 13.3 Å². The maximum atomic E-state index is 12.0. The second kappa shape index (κ2) is 6.46. The number of hydrogen-bond donors (Lipinski definition) is 1. The van der Waals surface area contributed by atoms with Gasteiger partial charge in [0, 0.05) is 26.0 Å². The smallest absolute Gasteiger partial charge is 0.244 e. The van der Waals surface area contributed by atoms with E-state index < -0.39 is 10.0 Å². The van der Waals surface area contributed by atoms with Crippen LogP contribution in [0.4, 0.5) is 0 Å². The standard InChI is InChI=1S/C11H17N3O3S/c1-3-6-13-11(15)9-14(2)18(16,17)10-5-4-7-12-8-10/h4-5,7-8H,3,6,9H2,1-2H3,(H,13,15). The van der Waals surface area contributed by atoms with Gasteiger partial charge in [0.25, 0.3) is 0 Å². The lowest BCUT2D eigenvalue weighted by atomic mass is 10.4. The largest absolute Gasteiger partial charge is 0.355 e. The van der Waals surface area contributed by atoms with Crippen LogP contribution in [-0.4, -0.2) is 43.8 Å². The first kappa shape index (κ1) is 14.6. The maximum absolute atomic E-state index is 12.0. The number of aromatic nitrogens is 1. The van der Waals surface area contributed by atoms with Gasteiger partial charge in [0.1, 0.15) is 4.90 Å². The zero-order valence-corrected chi connectivity index (χ0v) is 11.3. The molecule has 0 fully saturated rings. The number of pyridine rings is 1. The Bertz CT molecular complexity index is 488. The quantitative estimate of drug-likeness (QED) is 0.803. The number of nitrogens with zero attached hydrogens (tertiary/aromatic N) is 2. The lowest BCUT2D eigenvalue weighted by Gasteiger charge is -2.16. The highest BCUT2D eigenvalue weighted by Crippen LogP contribution is 2.11. The third kappa shape index (κ3) is 3.78. The number of sulfonamides is 1. The molecule has 100 valence electrons. The molecule has 0 saturated carbocycles. The summed E-state index contributed by atoms with van der Waals surface area (Å²) in [7, 11) is -2.28. The fourth-order valence-corrected chi connectivity index (χ4v) is 2.38. The van der Waals surface area contributed by atoms with Crippen LogP contribution in [0.3, 0.4) is 0 Å². The van der Waals surface area contributed by atoms with Crippen molar-refractivity contribution in [3.8, 4) is 0 Å². The average Bonchev–Trinajstić information content (AvgIpc) is 2.37. The van der Waals surface area contributed by atoms with E-state index in [-0.39, 0.29) is 17.3 Å². The monoisotopic (exact) mass is 271 g/mol. The number of amides is 1. The molecular formula is C11H17N3O3S. The minimum atomic E-state index is -3.65. The van der Waals surface area contributed by atoms with Crippen LogP contribution in [0.2, 0.25) is 0 Å². The molecule has 0 aliphatic rings. The summed E-state index contributed by atoms with van der Waals surface area (Å²) in [6, 6.07) is 2.99. The van der Waals surface area contributed by atoms with Gasteiger partial charge >= 0.3 is 0 Å². The van der Waals surface area contributed by atoms with Crippen molar-refractivity contribution in [1.82, 2.24) is 14.6 Å². The SMILES string of the molecule is CCCNC(=O)CN(C)S(=O)(=O)c1cccnc1. The first-order valence-corrected chi connectivity index (χ1v) is 7.05. The summed E-state index contributed by atoms with van der Waals surface area (Å²) in [6.45, 7) is 2.27. The Morgan fingerprint density at radius 1 is 1.50 bits per heavy atom. The first-order valence-electron chi connectivity index (χ1n) is 5.61. The van der Waals surface area contributed by atoms with Crippen LogP contribution in [0, 0.1) is 0 Å². The van der Waals surface area contributed by atoms with Gasteiger partial charge in [-0.3, -0.25) is 9.78 Å². The van der Waals surface area contributed by atoms with Crippen molar-refractivity contribution < 1.29 is 13.2 Å². The van der Waals surface area contributed by atoms with Gasteiger partial charge in [-0.15, -0.1) is 0 Å². The van der Waals surface area contributed by atoms with E-state index in [4.69, 9.17) is 0 Å². The normalized spacial score (nSPS) is 11.5. The lowest BCUT2D eigenvalue weighted by Crippen LogP contribution is -2.38. The van der Waals surface area contributed by atoms with Gasteiger partial charge < -0.3 is 5.32 Å². The summed E-state index contributed by atoms with van der Waals surface area (Å²) in [5.41, 5.74) is 0. The number of carbonyl (C=O) groups excluding carboxylic acids is 1. The fourth-order valence-electron chi connectivity index (χ4n) is 1.29. The van der Waals surface area contributed by atoms with E-state index in [0.29, 0.717) is 6.54 Å². The third-order valence-electron chi connectivity index (χ3n) is 2.28. The Kier molecular flexibility index (Phi) is 5.24. The Hall–Kier alpha value is -1.47. The molecule has 1 aromatic rings. The van der Waals surface area contributed by atoms with Gasteiger partial charge in [-0.1, -0.05) is 6.92 Å². The van der Waals surface area contributed by atoms with Gasteiger partial charge in [0.2, 0.25) is 15.9 Å². The first-order chi connectivity index (χ1) is 8.48. The third-order valence-corrected chi connectivity index (χ3v) is 4.07. The van der Waals surface area contributed by atoms with Crippen molar-refractivity contribution in [2.24, 2.45) is 0 Å². The van der Waals surface area contributed by atoms with E-state index in [9.17, 15) is 13.2 Å². The van der Waals surface area contributed by atoms with Crippen molar-refractivity contribution in [2.75, 3.05) is 20.1 Å². The van der Waals surface area contributed by atoms with Crippen molar-refractivity contribution in [1.29, 1.82) is 0 Å². The minimum absolute atomic E-state index is 0.0794. The molecule has 0 aromatic carbocycles. The predicted octanol–water partition coefficient (Wildman–Crippen LogP) is 0.228. The number of nitrogens with one attached hydrogen (secondary N) is 1. The summed E-state index contributed by atoms with van der Waals surface area (Å²) in [6.07, 6.45) is 3.56. The van der Waals surface area contributed by atoms with Crippen molar-refractivity contribution >= 4 is 15.9 Å². The number of carbonyl (C=O) groups is 1. The highest BCUT2D eigenvalue weighted by atomic mass is 32.2. The van der Waals surface area contributed by atoms with E-state index in [1.54, 1.807) is 0 Å². The number of likely N-dealkylation sites (N-methyl/N-ethyl adjacent to an activating group) is 1. The Morgan fingerprint density at radius 2 is 2.22 bits per heavy atom. The Morgan fingerprint density at radius 3 is 2.78 bits per heavy atom. The zero-order chi connectivity index (χ0) is 13.6. The van der Waals surface area contributed by atoms with Crippen molar-refractivity contribution in [3.05, 3.63) is 24.5 Å². The molecule has 7 heteroatoms. The minimum Gasteiger partial charge on any atom is -0.355 e. The van der Waals surface area contributed by atoms with E-state index in [1.165, 1.54) is 31.6 Å². The van der Waals surface area contributed by atoms with Gasteiger partial charge in [-0.05, 0) is 18.6 Å². The molecule has 1 N–H and O–H groups in total. The fraction of sp³-hybridized carbons (Fsp3) is 0.455. The molecule has 1 amide bonds. The molecule has 1 aromatic heterocycles. The highest BCUT2D eigenvalue weighted by Gasteiger charge is 2.22. The molecule has 0 radical (unpaired) electrons. The highest BCUT2D eigenvalue weighted by molar-refractivity contribution is 7.89. The zero-order valence-electron chi connectivity index (χ0n) is 10.5. The average molecular weight is 271 g/mol. The molecule has 18 heavy (non-hydrogen) atoms. The van der Waals surface area contributed by atoms with Crippen LogP contribution >= 0.6 is 0 Å². The summed E-state index contributed by atoms with van der Waals surface area (Å²) in [4.78, 5) is 15.3. The molecule has 0 bridgehead atoms. The topological polar surface area (TPSA) is 79.4 Å². The summed E-state index contributed by atoms with van der Waals surface area (Å²) in [5, 5.41) is 2.63. The second-order valence-electron chi connectivity index (χ2n) is 3.80. The Balaban J connectivity index is 2.72. The van der Waals surface area contributed by atoms with E-state index in [0.717, 1.165) is 10.7 Å². The molecule has 0 saturated heterocycles. The van der Waals surface area contributed by atoms with Gasteiger partial charge in [0.05, 0.1) is 6.54 Å². The molecule has 1 heterocycles. The molecule has 1 rings (SSSR count). The molecule has 0 atom stereocenters. The lowest BCUT2D eigenvalue weighted by molar-refractivity contribution is -0.121. The van der Waals surface area contributed by atoms with Crippen molar-refractivity contribution in [3.63, 3.8) is 0 Å². The van der Waals surface area contributed by atoms with Crippen LogP contribution < -0.4 is 5.32 Å². The van der Waals surface area contributed by atoms with Gasteiger partial charge in [0.15, 0.2) is 0 Å². The Labute approximate surface area is 107 Å². The second-order valence-corrected chi connectivity index (χ2v) is 5.84. The molecule has 0 spiro atoms. The van der Waals surface area contributed by atoms with E-state index in [2.05, 4.69) is 10.3 Å². The van der Waals surface area contributed by atoms with E-state index in [1.807, 2.05) is 6.92 Å². The summed E-state index contributed by atoms with van der Waals surface area (Å²) >= 11 is 0. The summed E-state index contributed by atoms with van der Waals surface area (Å²) < 4.78 is 25.1. The molecule has 0 unspecified atom stereocenters. The molecular weight excluding hydrogens is 254 g/mol. The number of rotatable bonds is 6. The van der Waals surface area contributed by atoms with Crippen molar-refractivity contribution in [2.45, 2.75) is 18.2 Å². The molecule has 0 aliphatic heterocycles. The van der Waals surface area contributed by atoms with Crippen LogP contribution in [-0.2, 0) is 14.8 Å².